The highest BCUT2D eigenvalue weighted by molar-refractivity contribution is 6.22. The molecule has 30 heavy (non-hydrogen) atoms. The average Bonchev–Trinajstić information content (AvgIpc) is 2.93. The van der Waals surface area contributed by atoms with Gasteiger partial charge in [-0.05, 0) is 50.8 Å². The summed E-state index contributed by atoms with van der Waals surface area (Å²) in [7, 11) is 0. The highest BCUT2D eigenvalue weighted by Gasteiger charge is 2.44. The predicted molar refractivity (Wildman–Crippen MR) is 118 cm³/mol. The molecule has 4 nitrogen and oxygen atoms in total. The molecular formula is C26H28O4. The second-order valence-electron chi connectivity index (χ2n) is 7.86. The van der Waals surface area contributed by atoms with Crippen molar-refractivity contribution in [3.63, 3.8) is 0 Å². The Hall–Kier alpha value is -3.14. The molecular weight excluding hydrogens is 376 g/mol. The van der Waals surface area contributed by atoms with Gasteiger partial charge in [0.2, 0.25) is 23.1 Å². The summed E-state index contributed by atoms with van der Waals surface area (Å²) in [5.41, 5.74) is 3.06. The molecule has 0 bridgehead atoms. The van der Waals surface area contributed by atoms with Crippen LogP contribution in [0, 0.1) is 5.92 Å². The van der Waals surface area contributed by atoms with Gasteiger partial charge < -0.3 is 9.47 Å². The van der Waals surface area contributed by atoms with Gasteiger partial charge in [-0.1, -0.05) is 66.7 Å². The number of rotatable bonds is 8. The number of carbonyl (C=O) groups excluding carboxylic acids is 2. The molecule has 0 spiro atoms. The summed E-state index contributed by atoms with van der Waals surface area (Å²) in [6.45, 7) is 7.31. The van der Waals surface area contributed by atoms with E-state index in [2.05, 4.69) is 0 Å². The molecule has 0 amide bonds. The fraction of sp³-hybridized carbons (Fsp3) is 0.308. The van der Waals surface area contributed by atoms with Gasteiger partial charge in [-0.15, -0.1) is 0 Å². The number of carbonyl (C=O) groups is 2. The molecule has 0 atom stereocenters. The molecule has 0 radical (unpaired) electrons. The Bertz CT molecular complexity index is 880. The van der Waals surface area contributed by atoms with E-state index in [9.17, 15) is 9.59 Å². The van der Waals surface area contributed by atoms with Gasteiger partial charge in [0.05, 0.1) is 18.1 Å². The third-order valence-corrected chi connectivity index (χ3v) is 4.72. The lowest BCUT2D eigenvalue weighted by molar-refractivity contribution is -0.128. The van der Waals surface area contributed by atoms with E-state index < -0.39 is 5.92 Å². The molecule has 4 heteroatoms. The zero-order chi connectivity index (χ0) is 21.7. The van der Waals surface area contributed by atoms with Crippen LogP contribution in [0.2, 0.25) is 0 Å². The fourth-order valence-corrected chi connectivity index (χ4v) is 3.44. The first kappa shape index (κ1) is 21.6. The Morgan fingerprint density at radius 1 is 0.767 bits per heavy atom. The van der Waals surface area contributed by atoms with Crippen molar-refractivity contribution >= 4 is 17.1 Å². The molecule has 0 aromatic heterocycles. The van der Waals surface area contributed by atoms with Crippen LogP contribution in [0.1, 0.15) is 45.2 Å². The maximum atomic E-state index is 13.0. The number of ether oxygens (including phenoxy) is 2. The van der Waals surface area contributed by atoms with Gasteiger partial charge >= 0.3 is 0 Å². The maximum absolute atomic E-state index is 13.0. The van der Waals surface area contributed by atoms with Crippen LogP contribution in [0.15, 0.2) is 78.3 Å². The highest BCUT2D eigenvalue weighted by Crippen LogP contribution is 2.33. The summed E-state index contributed by atoms with van der Waals surface area (Å²) in [4.78, 5) is 26.0. The van der Waals surface area contributed by atoms with Crippen LogP contribution in [0.4, 0.5) is 0 Å². The quantitative estimate of drug-likeness (QED) is 0.558. The molecule has 0 N–H and O–H groups in total. The van der Waals surface area contributed by atoms with Crippen molar-refractivity contribution in [2.24, 2.45) is 5.92 Å². The first-order valence-electron chi connectivity index (χ1n) is 10.4. The number of allylic oxidation sites excluding steroid dienone is 3. The van der Waals surface area contributed by atoms with Crippen LogP contribution in [0.3, 0.4) is 0 Å². The van der Waals surface area contributed by atoms with Gasteiger partial charge in [0.25, 0.3) is 0 Å². The molecule has 156 valence electrons. The van der Waals surface area contributed by atoms with Crippen molar-refractivity contribution in [2.75, 3.05) is 0 Å². The molecule has 3 rings (SSSR count). The largest absolute Gasteiger partial charge is 0.484 e. The van der Waals surface area contributed by atoms with Crippen LogP contribution < -0.4 is 0 Å². The van der Waals surface area contributed by atoms with Crippen molar-refractivity contribution < 1.29 is 19.1 Å². The summed E-state index contributed by atoms with van der Waals surface area (Å²) in [6.07, 6.45) is 1.81. The third kappa shape index (κ3) is 4.88. The molecule has 0 heterocycles. The Balaban J connectivity index is 1.93. The van der Waals surface area contributed by atoms with E-state index in [1.54, 1.807) is 0 Å². The lowest BCUT2D eigenvalue weighted by atomic mass is 9.93. The van der Waals surface area contributed by atoms with Gasteiger partial charge in [0.1, 0.15) is 0 Å². The Kier molecular flexibility index (Phi) is 6.88. The second kappa shape index (κ2) is 9.57. The van der Waals surface area contributed by atoms with E-state index in [-0.39, 0.29) is 41.7 Å². The summed E-state index contributed by atoms with van der Waals surface area (Å²) in [6, 6.07) is 19.9. The summed E-state index contributed by atoms with van der Waals surface area (Å²) in [5, 5.41) is 0. The van der Waals surface area contributed by atoms with Gasteiger partial charge in [0, 0.05) is 0 Å². The fourth-order valence-electron chi connectivity index (χ4n) is 3.44. The number of hydrogen-bond donors (Lipinski definition) is 0. The second-order valence-corrected chi connectivity index (χ2v) is 7.86. The van der Waals surface area contributed by atoms with Crippen molar-refractivity contribution in [3.05, 3.63) is 89.4 Å². The van der Waals surface area contributed by atoms with Crippen LogP contribution in [-0.4, -0.2) is 23.8 Å². The minimum Gasteiger partial charge on any atom is -0.484 e. The number of hydrogen-bond acceptors (Lipinski definition) is 4. The SMILES string of the molecule is CC(C)OC1=C(OC(C)C)C(=O)C(CC=C(c2ccccc2)c2ccccc2)C1=O. The van der Waals surface area contributed by atoms with Crippen molar-refractivity contribution in [1.29, 1.82) is 0 Å². The van der Waals surface area contributed by atoms with Crippen LogP contribution in [0.5, 0.6) is 0 Å². The lowest BCUT2D eigenvalue weighted by Crippen LogP contribution is -2.19. The predicted octanol–water partition coefficient (Wildman–Crippen LogP) is 5.34. The maximum Gasteiger partial charge on any atom is 0.212 e. The number of benzene rings is 2. The molecule has 1 aliphatic rings. The first-order valence-corrected chi connectivity index (χ1v) is 10.4. The Morgan fingerprint density at radius 2 is 1.17 bits per heavy atom. The third-order valence-electron chi connectivity index (χ3n) is 4.72. The van der Waals surface area contributed by atoms with Crippen LogP contribution >= 0.6 is 0 Å². The van der Waals surface area contributed by atoms with E-state index in [1.165, 1.54) is 0 Å². The van der Waals surface area contributed by atoms with E-state index in [4.69, 9.17) is 9.47 Å². The number of ketones is 2. The summed E-state index contributed by atoms with van der Waals surface area (Å²) in [5.74, 6) is -1.32. The van der Waals surface area contributed by atoms with Crippen LogP contribution in [-0.2, 0) is 19.1 Å². The zero-order valence-corrected chi connectivity index (χ0v) is 17.9. The monoisotopic (exact) mass is 404 g/mol. The van der Waals surface area contributed by atoms with Gasteiger partial charge in [-0.2, -0.15) is 0 Å². The minimum absolute atomic E-state index is 0.0584. The molecule has 1 aliphatic carbocycles. The summed E-state index contributed by atoms with van der Waals surface area (Å²) >= 11 is 0. The standard InChI is InChI=1S/C26H28O4/c1-17(2)29-25-23(27)22(24(28)26(25)30-18(3)4)16-15-21(19-11-7-5-8-12-19)20-13-9-6-10-14-20/h5-15,17-18,22H,16H2,1-4H3. The number of Topliss-reactive ketones (excluding diaryl/α,β-unsaturated/α-hetero) is 2. The molecule has 2 aromatic rings. The highest BCUT2D eigenvalue weighted by atomic mass is 16.5. The van der Waals surface area contributed by atoms with Crippen LogP contribution in [0.25, 0.3) is 5.57 Å². The molecule has 0 unspecified atom stereocenters. The summed E-state index contributed by atoms with van der Waals surface area (Å²) < 4.78 is 11.4. The van der Waals surface area contributed by atoms with Gasteiger partial charge in [0.15, 0.2) is 0 Å². The first-order chi connectivity index (χ1) is 14.4. The minimum atomic E-state index is -0.824. The van der Waals surface area contributed by atoms with Crippen molar-refractivity contribution in [3.8, 4) is 0 Å². The van der Waals surface area contributed by atoms with Crippen molar-refractivity contribution in [1.82, 2.24) is 0 Å². The molecule has 0 aliphatic heterocycles. The molecule has 0 saturated carbocycles. The molecule has 0 fully saturated rings. The Labute approximate surface area is 178 Å². The van der Waals surface area contributed by atoms with Crippen molar-refractivity contribution in [2.45, 2.75) is 46.3 Å². The van der Waals surface area contributed by atoms with E-state index in [0.717, 1.165) is 16.7 Å². The average molecular weight is 405 g/mol. The van der Waals surface area contributed by atoms with E-state index in [1.807, 2.05) is 94.4 Å². The van der Waals surface area contributed by atoms with Gasteiger partial charge in [-0.25, -0.2) is 0 Å². The van der Waals surface area contributed by atoms with Gasteiger partial charge in [-0.3, -0.25) is 9.59 Å². The Morgan fingerprint density at radius 3 is 1.53 bits per heavy atom. The zero-order valence-electron chi connectivity index (χ0n) is 17.9. The topological polar surface area (TPSA) is 52.6 Å². The normalized spacial score (nSPS) is 14.6. The smallest absolute Gasteiger partial charge is 0.212 e. The van der Waals surface area contributed by atoms with E-state index in [0.29, 0.717) is 0 Å². The molecule has 2 aromatic carbocycles. The lowest BCUT2D eigenvalue weighted by Gasteiger charge is -2.13. The molecule has 0 saturated heterocycles. The van der Waals surface area contributed by atoms with E-state index >= 15 is 0 Å².